The molecule has 1 aromatic carbocycles. The summed E-state index contributed by atoms with van der Waals surface area (Å²) in [5.41, 5.74) is 0.745. The van der Waals surface area contributed by atoms with E-state index in [0.29, 0.717) is 12.0 Å². The van der Waals surface area contributed by atoms with Gasteiger partial charge in [0.2, 0.25) is 0 Å². The van der Waals surface area contributed by atoms with Crippen LogP contribution in [0.5, 0.6) is 0 Å². The SMILES string of the molecule is CCC(C)CN(C)CC(CO)(NC(C)C)c1ccccc1. The van der Waals surface area contributed by atoms with Crippen LogP contribution in [0, 0.1) is 5.92 Å². The van der Waals surface area contributed by atoms with Crippen molar-refractivity contribution in [1.82, 2.24) is 10.2 Å². The molecule has 0 bridgehead atoms. The van der Waals surface area contributed by atoms with E-state index in [-0.39, 0.29) is 6.61 Å². The number of aliphatic hydroxyl groups excluding tert-OH is 1. The molecule has 0 saturated heterocycles. The molecular weight excluding hydrogens is 260 g/mol. The second-order valence-corrected chi connectivity index (χ2v) is 6.62. The van der Waals surface area contributed by atoms with E-state index in [0.717, 1.165) is 18.7 Å². The molecule has 0 aliphatic carbocycles. The minimum absolute atomic E-state index is 0.0973. The van der Waals surface area contributed by atoms with Gasteiger partial charge in [0.05, 0.1) is 12.1 Å². The van der Waals surface area contributed by atoms with E-state index < -0.39 is 5.54 Å². The van der Waals surface area contributed by atoms with Crippen molar-refractivity contribution in [3.05, 3.63) is 35.9 Å². The van der Waals surface area contributed by atoms with Crippen molar-refractivity contribution in [3.8, 4) is 0 Å². The zero-order chi connectivity index (χ0) is 15.9. The fourth-order valence-corrected chi connectivity index (χ4v) is 2.90. The molecule has 120 valence electrons. The lowest BCUT2D eigenvalue weighted by Crippen LogP contribution is -2.55. The highest BCUT2D eigenvalue weighted by atomic mass is 16.3. The van der Waals surface area contributed by atoms with Gasteiger partial charge < -0.3 is 15.3 Å². The molecule has 0 aliphatic rings. The van der Waals surface area contributed by atoms with Gasteiger partial charge in [0.15, 0.2) is 0 Å². The highest BCUT2D eigenvalue weighted by molar-refractivity contribution is 5.25. The fraction of sp³-hybridized carbons (Fsp3) is 0.667. The molecule has 0 amide bonds. The summed E-state index contributed by atoms with van der Waals surface area (Å²) in [5.74, 6) is 0.668. The number of nitrogens with one attached hydrogen (secondary N) is 1. The van der Waals surface area contributed by atoms with Crippen LogP contribution in [0.15, 0.2) is 30.3 Å². The molecule has 0 radical (unpaired) electrons. The Kier molecular flexibility index (Phi) is 7.36. The third-order valence-electron chi connectivity index (χ3n) is 4.02. The predicted octanol–water partition coefficient (Wildman–Crippen LogP) is 2.85. The minimum Gasteiger partial charge on any atom is -0.394 e. The zero-order valence-corrected chi connectivity index (χ0v) is 14.3. The molecule has 0 spiro atoms. The van der Waals surface area contributed by atoms with Crippen LogP contribution >= 0.6 is 0 Å². The first-order chi connectivity index (χ1) is 9.93. The van der Waals surface area contributed by atoms with Gasteiger partial charge in [0.1, 0.15) is 0 Å². The lowest BCUT2D eigenvalue weighted by Gasteiger charge is -2.39. The second kappa shape index (κ2) is 8.52. The van der Waals surface area contributed by atoms with Crippen molar-refractivity contribution in [2.75, 3.05) is 26.7 Å². The Morgan fingerprint density at radius 1 is 1.19 bits per heavy atom. The van der Waals surface area contributed by atoms with Gasteiger partial charge >= 0.3 is 0 Å². The largest absolute Gasteiger partial charge is 0.394 e. The maximum absolute atomic E-state index is 10.1. The topological polar surface area (TPSA) is 35.5 Å². The molecule has 21 heavy (non-hydrogen) atoms. The van der Waals surface area contributed by atoms with Gasteiger partial charge in [-0.1, -0.05) is 50.6 Å². The predicted molar refractivity (Wildman–Crippen MR) is 90.4 cm³/mol. The van der Waals surface area contributed by atoms with Crippen LogP contribution < -0.4 is 5.32 Å². The lowest BCUT2D eigenvalue weighted by molar-refractivity contribution is 0.104. The summed E-state index contributed by atoms with van der Waals surface area (Å²) in [6.45, 7) is 10.7. The first-order valence-electron chi connectivity index (χ1n) is 8.06. The Morgan fingerprint density at radius 3 is 2.29 bits per heavy atom. The Hall–Kier alpha value is -0.900. The molecule has 0 fully saturated rings. The van der Waals surface area contributed by atoms with Crippen LogP contribution in [0.25, 0.3) is 0 Å². The molecule has 3 nitrogen and oxygen atoms in total. The summed E-state index contributed by atoms with van der Waals surface area (Å²) >= 11 is 0. The zero-order valence-electron chi connectivity index (χ0n) is 14.3. The summed E-state index contributed by atoms with van der Waals surface area (Å²) in [6.07, 6.45) is 1.18. The molecule has 2 N–H and O–H groups in total. The van der Waals surface area contributed by atoms with Crippen LogP contribution in [-0.4, -0.2) is 42.8 Å². The van der Waals surface area contributed by atoms with E-state index in [4.69, 9.17) is 0 Å². The molecule has 1 rings (SSSR count). The molecule has 2 unspecified atom stereocenters. The highest BCUT2D eigenvalue weighted by Gasteiger charge is 2.33. The molecule has 0 saturated carbocycles. The van der Waals surface area contributed by atoms with Gasteiger partial charge in [-0.25, -0.2) is 0 Å². The quantitative estimate of drug-likeness (QED) is 0.734. The van der Waals surface area contributed by atoms with Crippen molar-refractivity contribution in [1.29, 1.82) is 0 Å². The average molecular weight is 292 g/mol. The summed E-state index contributed by atoms with van der Waals surface area (Å²) in [7, 11) is 2.14. The second-order valence-electron chi connectivity index (χ2n) is 6.62. The van der Waals surface area contributed by atoms with Gasteiger partial charge in [0.25, 0.3) is 0 Å². The van der Waals surface area contributed by atoms with Crippen LogP contribution in [0.2, 0.25) is 0 Å². The van der Waals surface area contributed by atoms with E-state index in [1.54, 1.807) is 0 Å². The molecule has 0 aromatic heterocycles. The number of benzene rings is 1. The fourth-order valence-electron chi connectivity index (χ4n) is 2.90. The number of nitrogens with zero attached hydrogens (tertiary/aromatic N) is 1. The molecule has 1 aromatic rings. The maximum atomic E-state index is 10.1. The molecular formula is C18H32N2O. The molecule has 0 aliphatic heterocycles. The van der Waals surface area contributed by atoms with E-state index in [9.17, 15) is 5.11 Å². The number of hydrogen-bond donors (Lipinski definition) is 2. The van der Waals surface area contributed by atoms with Crippen molar-refractivity contribution < 1.29 is 5.11 Å². The summed E-state index contributed by atoms with van der Waals surface area (Å²) in [4.78, 5) is 2.33. The number of rotatable bonds is 9. The Morgan fingerprint density at radius 2 is 1.81 bits per heavy atom. The van der Waals surface area contributed by atoms with E-state index in [2.05, 4.69) is 57.1 Å². The van der Waals surface area contributed by atoms with Gasteiger partial charge in [-0.2, -0.15) is 0 Å². The maximum Gasteiger partial charge on any atom is 0.0799 e. The average Bonchev–Trinajstić information content (AvgIpc) is 2.46. The van der Waals surface area contributed by atoms with Crippen molar-refractivity contribution in [2.45, 2.75) is 45.7 Å². The summed E-state index contributed by atoms with van der Waals surface area (Å²) < 4.78 is 0. The van der Waals surface area contributed by atoms with Crippen LogP contribution in [0.3, 0.4) is 0 Å². The Bertz CT molecular complexity index is 393. The van der Waals surface area contributed by atoms with Gasteiger partial charge in [0, 0.05) is 19.1 Å². The van der Waals surface area contributed by atoms with Crippen LogP contribution in [-0.2, 0) is 5.54 Å². The third-order valence-corrected chi connectivity index (χ3v) is 4.02. The first kappa shape index (κ1) is 18.1. The van der Waals surface area contributed by atoms with Crippen LogP contribution in [0.4, 0.5) is 0 Å². The Labute approximate surface area is 130 Å². The lowest BCUT2D eigenvalue weighted by atomic mass is 9.88. The molecule has 0 heterocycles. The van der Waals surface area contributed by atoms with Crippen molar-refractivity contribution in [2.24, 2.45) is 5.92 Å². The van der Waals surface area contributed by atoms with Gasteiger partial charge in [-0.3, -0.25) is 0 Å². The van der Waals surface area contributed by atoms with Crippen molar-refractivity contribution >= 4 is 0 Å². The third kappa shape index (κ3) is 5.42. The highest BCUT2D eigenvalue weighted by Crippen LogP contribution is 2.23. The minimum atomic E-state index is -0.405. The summed E-state index contributed by atoms with van der Waals surface area (Å²) in [6, 6.07) is 10.6. The van der Waals surface area contributed by atoms with E-state index in [1.165, 1.54) is 6.42 Å². The van der Waals surface area contributed by atoms with E-state index in [1.807, 2.05) is 18.2 Å². The summed E-state index contributed by atoms with van der Waals surface area (Å²) in [5, 5.41) is 13.7. The smallest absolute Gasteiger partial charge is 0.0799 e. The van der Waals surface area contributed by atoms with Gasteiger partial charge in [-0.05, 0) is 32.4 Å². The Balaban J connectivity index is 2.96. The van der Waals surface area contributed by atoms with Crippen LogP contribution in [0.1, 0.15) is 39.7 Å². The molecule has 2 atom stereocenters. The van der Waals surface area contributed by atoms with Crippen molar-refractivity contribution in [3.63, 3.8) is 0 Å². The van der Waals surface area contributed by atoms with E-state index >= 15 is 0 Å². The normalized spacial score (nSPS) is 16.2. The number of likely N-dealkylation sites (N-methyl/N-ethyl adjacent to an activating group) is 1. The first-order valence-corrected chi connectivity index (χ1v) is 8.06. The monoisotopic (exact) mass is 292 g/mol. The standard InChI is InChI=1S/C18H32N2O/c1-6-16(4)12-20(5)13-18(14-21,19-15(2)3)17-10-8-7-9-11-17/h7-11,15-16,19,21H,6,12-14H2,1-5H3. The number of hydrogen-bond acceptors (Lipinski definition) is 3. The molecule has 3 heteroatoms. The number of aliphatic hydroxyl groups is 1. The van der Waals surface area contributed by atoms with Gasteiger partial charge in [-0.15, -0.1) is 0 Å².